The zero-order valence-corrected chi connectivity index (χ0v) is 15.2. The van der Waals surface area contributed by atoms with E-state index >= 15 is 0 Å². The molecular weight excluding hydrogens is 332 g/mol. The zero-order valence-electron chi connectivity index (χ0n) is 13.6. The first-order valence-electron chi connectivity index (χ1n) is 7.89. The fourth-order valence-electron chi connectivity index (χ4n) is 3.30. The predicted octanol–water partition coefficient (Wildman–Crippen LogP) is 2.79. The molecule has 0 aromatic heterocycles. The Labute approximate surface area is 141 Å². The molecule has 1 N–H and O–H groups in total. The monoisotopic (exact) mass is 354 g/mol. The third-order valence-electron chi connectivity index (χ3n) is 4.36. The summed E-state index contributed by atoms with van der Waals surface area (Å²) in [5.74, 6) is 0.641. The highest BCUT2D eigenvalue weighted by Crippen LogP contribution is 2.37. The number of rotatable bonds is 2. The fourth-order valence-corrected chi connectivity index (χ4v) is 5.94. The Morgan fingerprint density at radius 2 is 1.83 bits per heavy atom. The standard InChI is InChI=1S/C16H22N2O3S2/c1-10-6-11(2)9-18(8-10)23(20,21)13-4-5-15-14(7-13)17-16(19)12(3)22-15/h4-5,7,10-12H,6,8-9H2,1-3H3,(H,17,19)/t10-,11-,12+/m1/s1. The number of hydrogen-bond donors (Lipinski definition) is 1. The molecule has 7 heteroatoms. The van der Waals surface area contributed by atoms with Gasteiger partial charge in [0.2, 0.25) is 15.9 Å². The minimum absolute atomic E-state index is 0.0859. The number of fused-ring (bicyclic) bond motifs is 1. The molecule has 2 aliphatic rings. The number of anilines is 1. The molecule has 126 valence electrons. The van der Waals surface area contributed by atoms with Crippen molar-refractivity contribution in [3.05, 3.63) is 18.2 Å². The minimum Gasteiger partial charge on any atom is -0.324 e. The van der Waals surface area contributed by atoms with Crippen molar-refractivity contribution in [1.29, 1.82) is 0 Å². The topological polar surface area (TPSA) is 66.5 Å². The summed E-state index contributed by atoms with van der Waals surface area (Å²) in [4.78, 5) is 13.0. The van der Waals surface area contributed by atoms with Gasteiger partial charge in [-0.25, -0.2) is 8.42 Å². The average Bonchev–Trinajstić information content (AvgIpc) is 2.47. The molecular formula is C16H22N2O3S2. The Morgan fingerprint density at radius 1 is 1.17 bits per heavy atom. The van der Waals surface area contributed by atoms with Crippen LogP contribution in [-0.4, -0.2) is 37.0 Å². The summed E-state index contributed by atoms with van der Waals surface area (Å²) in [5, 5.41) is 2.64. The Morgan fingerprint density at radius 3 is 2.48 bits per heavy atom. The van der Waals surface area contributed by atoms with Crippen molar-refractivity contribution >= 4 is 33.4 Å². The van der Waals surface area contributed by atoms with Crippen molar-refractivity contribution in [2.75, 3.05) is 18.4 Å². The number of hydrogen-bond acceptors (Lipinski definition) is 4. The highest BCUT2D eigenvalue weighted by molar-refractivity contribution is 8.01. The van der Waals surface area contributed by atoms with E-state index in [1.54, 1.807) is 22.5 Å². The van der Waals surface area contributed by atoms with Gasteiger partial charge in [-0.2, -0.15) is 4.31 Å². The van der Waals surface area contributed by atoms with Gasteiger partial charge in [0, 0.05) is 18.0 Å². The second kappa shape index (κ2) is 6.11. The third-order valence-corrected chi connectivity index (χ3v) is 7.36. The molecule has 0 radical (unpaired) electrons. The number of sulfonamides is 1. The molecule has 1 fully saturated rings. The van der Waals surface area contributed by atoms with Gasteiger partial charge in [-0.1, -0.05) is 13.8 Å². The van der Waals surface area contributed by atoms with E-state index < -0.39 is 10.0 Å². The van der Waals surface area contributed by atoms with Crippen molar-refractivity contribution in [2.24, 2.45) is 11.8 Å². The molecule has 0 bridgehead atoms. The Balaban J connectivity index is 1.92. The summed E-state index contributed by atoms with van der Waals surface area (Å²) in [6.45, 7) is 7.13. The van der Waals surface area contributed by atoms with Crippen LogP contribution in [0.1, 0.15) is 27.2 Å². The fraction of sp³-hybridized carbons (Fsp3) is 0.562. The lowest BCUT2D eigenvalue weighted by Gasteiger charge is -2.34. The molecule has 3 atom stereocenters. The largest absolute Gasteiger partial charge is 0.324 e. The molecule has 2 aliphatic heterocycles. The van der Waals surface area contributed by atoms with Gasteiger partial charge in [0.25, 0.3) is 0 Å². The number of nitrogens with zero attached hydrogens (tertiary/aromatic N) is 1. The Hall–Kier alpha value is -1.05. The van der Waals surface area contributed by atoms with E-state index in [2.05, 4.69) is 19.2 Å². The van der Waals surface area contributed by atoms with Crippen molar-refractivity contribution in [3.8, 4) is 0 Å². The molecule has 1 aromatic rings. The minimum atomic E-state index is -3.52. The van der Waals surface area contributed by atoms with E-state index in [-0.39, 0.29) is 16.1 Å². The summed E-state index contributed by atoms with van der Waals surface area (Å²) >= 11 is 1.46. The van der Waals surface area contributed by atoms with E-state index in [1.165, 1.54) is 11.8 Å². The van der Waals surface area contributed by atoms with Gasteiger partial charge in [0.15, 0.2) is 0 Å². The van der Waals surface area contributed by atoms with E-state index in [1.807, 2.05) is 6.92 Å². The van der Waals surface area contributed by atoms with Gasteiger partial charge in [0.05, 0.1) is 15.8 Å². The van der Waals surface area contributed by atoms with Gasteiger partial charge in [0.1, 0.15) is 0 Å². The zero-order chi connectivity index (χ0) is 16.8. The van der Waals surface area contributed by atoms with Crippen molar-refractivity contribution in [1.82, 2.24) is 4.31 Å². The number of carbonyl (C=O) groups excluding carboxylic acids is 1. The maximum absolute atomic E-state index is 12.9. The van der Waals surface area contributed by atoms with Crippen LogP contribution < -0.4 is 5.32 Å². The van der Waals surface area contributed by atoms with E-state index in [9.17, 15) is 13.2 Å². The maximum Gasteiger partial charge on any atom is 0.243 e. The quantitative estimate of drug-likeness (QED) is 0.887. The average molecular weight is 354 g/mol. The molecule has 5 nitrogen and oxygen atoms in total. The molecule has 2 heterocycles. The number of thioether (sulfide) groups is 1. The summed E-state index contributed by atoms with van der Waals surface area (Å²) in [6, 6.07) is 5.03. The van der Waals surface area contributed by atoms with Crippen LogP contribution in [-0.2, 0) is 14.8 Å². The molecule has 0 spiro atoms. The molecule has 0 aliphatic carbocycles. The first kappa shape index (κ1) is 16.8. The maximum atomic E-state index is 12.9. The van der Waals surface area contributed by atoms with Crippen LogP contribution in [0.15, 0.2) is 28.0 Å². The van der Waals surface area contributed by atoms with Gasteiger partial charge in [-0.3, -0.25) is 4.79 Å². The molecule has 0 unspecified atom stereocenters. The smallest absolute Gasteiger partial charge is 0.243 e. The first-order valence-corrected chi connectivity index (χ1v) is 10.2. The number of benzene rings is 1. The van der Waals surface area contributed by atoms with Crippen LogP contribution in [0, 0.1) is 11.8 Å². The molecule has 1 saturated heterocycles. The van der Waals surface area contributed by atoms with Gasteiger partial charge >= 0.3 is 0 Å². The second-order valence-corrected chi connectivity index (χ2v) is 10.00. The lowest BCUT2D eigenvalue weighted by atomic mass is 9.94. The van der Waals surface area contributed by atoms with Crippen molar-refractivity contribution in [2.45, 2.75) is 42.2 Å². The van der Waals surface area contributed by atoms with Crippen LogP contribution in [0.2, 0.25) is 0 Å². The number of nitrogens with one attached hydrogen (secondary N) is 1. The Bertz CT molecular complexity index is 723. The third kappa shape index (κ3) is 3.27. The highest BCUT2D eigenvalue weighted by atomic mass is 32.2. The normalized spacial score (nSPS) is 29.0. The summed E-state index contributed by atoms with van der Waals surface area (Å²) in [5.41, 5.74) is 0.595. The lowest BCUT2D eigenvalue weighted by molar-refractivity contribution is -0.115. The van der Waals surface area contributed by atoms with Crippen molar-refractivity contribution in [3.63, 3.8) is 0 Å². The van der Waals surface area contributed by atoms with Crippen LogP contribution in [0.3, 0.4) is 0 Å². The molecule has 0 saturated carbocycles. The molecule has 1 aromatic carbocycles. The van der Waals surface area contributed by atoms with Gasteiger partial charge in [-0.15, -0.1) is 11.8 Å². The van der Waals surface area contributed by atoms with Crippen LogP contribution >= 0.6 is 11.8 Å². The predicted molar refractivity (Wildman–Crippen MR) is 92.1 cm³/mol. The van der Waals surface area contributed by atoms with E-state index in [0.717, 1.165) is 11.3 Å². The summed E-state index contributed by atoms with van der Waals surface area (Å²) in [6.07, 6.45) is 1.06. The summed E-state index contributed by atoms with van der Waals surface area (Å²) < 4.78 is 27.4. The van der Waals surface area contributed by atoms with Gasteiger partial charge in [-0.05, 0) is 43.4 Å². The first-order chi connectivity index (χ1) is 10.8. The molecule has 23 heavy (non-hydrogen) atoms. The van der Waals surface area contributed by atoms with E-state index in [4.69, 9.17) is 0 Å². The number of piperidine rings is 1. The van der Waals surface area contributed by atoms with E-state index in [0.29, 0.717) is 30.6 Å². The van der Waals surface area contributed by atoms with Crippen molar-refractivity contribution < 1.29 is 13.2 Å². The highest BCUT2D eigenvalue weighted by Gasteiger charge is 2.33. The van der Waals surface area contributed by atoms with Gasteiger partial charge < -0.3 is 5.32 Å². The molecule has 1 amide bonds. The SMILES string of the molecule is C[C@@H]1C[C@@H](C)CN(S(=O)(=O)c2ccc3c(c2)NC(=O)[C@H](C)S3)C1. The number of amides is 1. The lowest BCUT2D eigenvalue weighted by Crippen LogP contribution is -2.42. The van der Waals surface area contributed by atoms with Crippen LogP contribution in [0.4, 0.5) is 5.69 Å². The van der Waals surface area contributed by atoms with Crippen LogP contribution in [0.5, 0.6) is 0 Å². The molecule has 3 rings (SSSR count). The second-order valence-electron chi connectivity index (χ2n) is 6.68. The number of carbonyl (C=O) groups is 1. The Kier molecular flexibility index (Phi) is 4.46. The van der Waals surface area contributed by atoms with Crippen LogP contribution in [0.25, 0.3) is 0 Å². The summed E-state index contributed by atoms with van der Waals surface area (Å²) in [7, 11) is -3.52.